The Morgan fingerprint density at radius 1 is 0.566 bits per heavy atom. The number of hydrogen-bond donors (Lipinski definition) is 0. The fourth-order valence-electron chi connectivity index (χ4n) is 6.19. The van der Waals surface area contributed by atoms with Crippen LogP contribution in [0.3, 0.4) is 0 Å². The Morgan fingerprint density at radius 3 is 1.58 bits per heavy atom. The maximum absolute atomic E-state index is 14.1. The second-order valence-electron chi connectivity index (χ2n) is 13.3. The first-order valence-electron chi connectivity index (χ1n) is 18.2. The summed E-state index contributed by atoms with van der Waals surface area (Å²) in [7, 11) is 0. The predicted octanol–water partition coefficient (Wildman–Crippen LogP) is 8.30. The Balaban J connectivity index is 1.21. The van der Waals surface area contributed by atoms with E-state index in [2.05, 4.69) is 11.8 Å². The summed E-state index contributed by atoms with van der Waals surface area (Å²) in [5, 5.41) is 0. The lowest BCUT2D eigenvalue weighted by molar-refractivity contribution is -0.315. The maximum atomic E-state index is 14.1. The van der Waals surface area contributed by atoms with Gasteiger partial charge in [0.25, 0.3) is 0 Å². The van der Waals surface area contributed by atoms with Crippen LogP contribution in [-0.4, -0.2) is 43.3 Å². The van der Waals surface area contributed by atoms with E-state index in [-0.39, 0.29) is 19.8 Å². The van der Waals surface area contributed by atoms with Crippen molar-refractivity contribution in [2.45, 2.75) is 70.0 Å². The normalized spacial score (nSPS) is 20.9. The molecule has 5 aromatic rings. The van der Waals surface area contributed by atoms with Gasteiger partial charge in [0.1, 0.15) is 24.4 Å². The number of carbonyl (C=O) groups excluding carboxylic acids is 1. The number of hydrogen-bond acceptors (Lipinski definition) is 7. The minimum absolute atomic E-state index is 0.155. The highest BCUT2D eigenvalue weighted by Gasteiger charge is 2.50. The lowest BCUT2D eigenvalue weighted by Gasteiger charge is -2.45. The quantitative estimate of drug-likeness (QED) is 0.0801. The van der Waals surface area contributed by atoms with Crippen molar-refractivity contribution in [3.63, 3.8) is 0 Å². The summed E-state index contributed by atoms with van der Waals surface area (Å²) in [4.78, 5) is 14.1. The van der Waals surface area contributed by atoms with Gasteiger partial charge in [0, 0.05) is 11.5 Å². The molecule has 7 nitrogen and oxygen atoms in total. The van der Waals surface area contributed by atoms with Gasteiger partial charge in [-0.2, -0.15) is 0 Å². The molecule has 0 spiro atoms. The van der Waals surface area contributed by atoms with Gasteiger partial charge in [-0.15, -0.1) is 0 Å². The molecule has 1 aliphatic carbocycles. The van der Waals surface area contributed by atoms with Crippen LogP contribution in [-0.2, 0) is 54.8 Å². The van der Waals surface area contributed by atoms with Crippen molar-refractivity contribution in [2.24, 2.45) is 5.92 Å². The molecule has 2 fully saturated rings. The van der Waals surface area contributed by atoms with E-state index >= 15 is 0 Å². The molecular formula is C46H44O7. The fraction of sp³-hybridized carbons (Fsp3) is 0.283. The average Bonchev–Trinajstić information content (AvgIpc) is 4.05. The zero-order valence-corrected chi connectivity index (χ0v) is 29.6. The van der Waals surface area contributed by atoms with E-state index in [9.17, 15) is 4.79 Å². The van der Waals surface area contributed by atoms with Crippen molar-refractivity contribution in [3.05, 3.63) is 179 Å². The molecule has 7 heteroatoms. The van der Waals surface area contributed by atoms with Crippen molar-refractivity contribution >= 4 is 5.97 Å². The topological polar surface area (TPSA) is 72.5 Å². The zero-order valence-electron chi connectivity index (χ0n) is 29.6. The third-order valence-electron chi connectivity index (χ3n) is 9.20. The van der Waals surface area contributed by atoms with Crippen LogP contribution < -0.4 is 0 Å². The molecule has 1 saturated carbocycles. The Labute approximate surface area is 311 Å². The SMILES string of the molecule is O=C(O[C@@H]1OC(COCc2ccccc2)[C@@H](OCc2ccccc2)C(OCc2ccccc2)C1OCc1ccccc1)c1ccccc1C#CC1CC1. The average molecular weight is 709 g/mol. The van der Waals surface area contributed by atoms with E-state index < -0.39 is 36.7 Å². The minimum atomic E-state index is -1.15. The molecule has 3 unspecified atom stereocenters. The third kappa shape index (κ3) is 10.5. The monoisotopic (exact) mass is 708 g/mol. The Morgan fingerprint density at radius 2 is 1.04 bits per heavy atom. The number of carbonyl (C=O) groups is 1. The molecule has 0 radical (unpaired) electrons. The Kier molecular flexibility index (Phi) is 12.7. The largest absolute Gasteiger partial charge is 0.429 e. The third-order valence-corrected chi connectivity index (χ3v) is 9.20. The van der Waals surface area contributed by atoms with Gasteiger partial charge in [0.05, 0.1) is 38.6 Å². The summed E-state index contributed by atoms with van der Waals surface area (Å²) in [5.74, 6) is 6.29. The van der Waals surface area contributed by atoms with Gasteiger partial charge >= 0.3 is 5.97 Å². The van der Waals surface area contributed by atoms with Crippen LogP contribution in [0.15, 0.2) is 146 Å². The molecule has 53 heavy (non-hydrogen) atoms. The molecule has 2 aliphatic rings. The van der Waals surface area contributed by atoms with Crippen LogP contribution in [0.25, 0.3) is 0 Å². The maximum Gasteiger partial charge on any atom is 0.341 e. The van der Waals surface area contributed by atoms with Gasteiger partial charge in [0.15, 0.2) is 0 Å². The molecule has 0 amide bonds. The lowest BCUT2D eigenvalue weighted by atomic mass is 9.97. The Hall–Kier alpha value is -5.07. The van der Waals surface area contributed by atoms with Gasteiger partial charge in [-0.1, -0.05) is 145 Å². The van der Waals surface area contributed by atoms with Crippen LogP contribution >= 0.6 is 0 Å². The highest BCUT2D eigenvalue weighted by atomic mass is 16.7. The standard InChI is InChI=1S/C46H44O7/c47-45(40-24-14-13-23-39(40)28-27-34-25-26-34)53-46-44(51-32-38-21-11-4-12-22-38)43(50-31-37-19-9-3-10-20-37)42(49-30-36-17-7-2-8-18-36)41(52-46)33-48-29-35-15-5-1-6-16-35/h1-24,34,41-44,46H,25-26,29-33H2/t41?,42-,43?,44?,46+/m1/s1. The summed E-state index contributed by atoms with van der Waals surface area (Å²) in [5.41, 5.74) is 4.94. The van der Waals surface area contributed by atoms with Crippen LogP contribution in [0.4, 0.5) is 0 Å². The zero-order chi connectivity index (χ0) is 36.1. The molecule has 1 aliphatic heterocycles. The predicted molar refractivity (Wildman–Crippen MR) is 201 cm³/mol. The summed E-state index contributed by atoms with van der Waals surface area (Å²) in [6, 6.07) is 47.0. The van der Waals surface area contributed by atoms with Crippen molar-refractivity contribution in [2.75, 3.05) is 6.61 Å². The van der Waals surface area contributed by atoms with Gasteiger partial charge in [-0.05, 0) is 47.2 Å². The van der Waals surface area contributed by atoms with Crippen LogP contribution in [0.5, 0.6) is 0 Å². The van der Waals surface area contributed by atoms with E-state index in [1.165, 1.54) is 0 Å². The number of esters is 1. The Bertz CT molecular complexity index is 1920. The van der Waals surface area contributed by atoms with Crippen molar-refractivity contribution in [1.82, 2.24) is 0 Å². The molecule has 0 bridgehead atoms. The van der Waals surface area contributed by atoms with Crippen molar-refractivity contribution in [1.29, 1.82) is 0 Å². The summed E-state index contributed by atoms with van der Waals surface area (Å²) >= 11 is 0. The van der Waals surface area contributed by atoms with E-state index in [1.807, 2.05) is 140 Å². The van der Waals surface area contributed by atoms with Gasteiger partial charge < -0.3 is 28.4 Å². The van der Waals surface area contributed by atoms with Gasteiger partial charge in [-0.3, -0.25) is 0 Å². The molecule has 0 aromatic heterocycles. The van der Waals surface area contributed by atoms with Gasteiger partial charge in [-0.25, -0.2) is 4.79 Å². The minimum Gasteiger partial charge on any atom is -0.429 e. The van der Waals surface area contributed by atoms with E-state index in [1.54, 1.807) is 6.07 Å². The molecule has 270 valence electrons. The van der Waals surface area contributed by atoms with Gasteiger partial charge in [0.2, 0.25) is 6.29 Å². The second kappa shape index (κ2) is 18.6. The smallest absolute Gasteiger partial charge is 0.341 e. The van der Waals surface area contributed by atoms with E-state index in [0.29, 0.717) is 30.3 Å². The summed E-state index contributed by atoms with van der Waals surface area (Å²) < 4.78 is 39.4. The first-order valence-corrected chi connectivity index (χ1v) is 18.2. The molecule has 0 N–H and O–H groups in total. The molecule has 1 saturated heterocycles. The summed E-state index contributed by atoms with van der Waals surface area (Å²) in [6.45, 7) is 1.34. The fourth-order valence-corrected chi connectivity index (χ4v) is 6.19. The molecular weight excluding hydrogens is 664 g/mol. The molecule has 7 rings (SSSR count). The number of ether oxygens (including phenoxy) is 6. The van der Waals surface area contributed by atoms with Crippen LogP contribution in [0.1, 0.15) is 51.0 Å². The first-order chi connectivity index (χ1) is 26.2. The molecule has 5 atom stereocenters. The van der Waals surface area contributed by atoms with Crippen molar-refractivity contribution in [3.8, 4) is 11.8 Å². The van der Waals surface area contributed by atoms with E-state index in [4.69, 9.17) is 28.4 Å². The summed E-state index contributed by atoms with van der Waals surface area (Å²) in [6.07, 6.45) is -1.89. The molecule has 5 aromatic carbocycles. The highest BCUT2D eigenvalue weighted by Crippen LogP contribution is 2.33. The van der Waals surface area contributed by atoms with Crippen molar-refractivity contribution < 1.29 is 33.2 Å². The second-order valence-corrected chi connectivity index (χ2v) is 13.3. The number of benzene rings is 5. The number of rotatable bonds is 15. The lowest BCUT2D eigenvalue weighted by Crippen LogP contribution is -2.62. The first kappa shape index (κ1) is 36.3. The highest BCUT2D eigenvalue weighted by molar-refractivity contribution is 5.92. The van der Waals surface area contributed by atoms with E-state index in [0.717, 1.165) is 35.1 Å². The van der Waals surface area contributed by atoms with Crippen LogP contribution in [0.2, 0.25) is 0 Å². The molecule has 1 heterocycles. The van der Waals surface area contributed by atoms with Crippen LogP contribution in [0, 0.1) is 17.8 Å².